The van der Waals surface area contributed by atoms with Crippen LogP contribution in [0.5, 0.6) is 0 Å². The molecule has 0 bridgehead atoms. The molecule has 0 amide bonds. The highest BCUT2D eigenvalue weighted by Crippen LogP contribution is 2.16. The first kappa shape index (κ1) is 86.8. The smallest absolute Gasteiger partial charge is 0.306 e. The molecule has 0 aliphatic heterocycles. The molecule has 0 aromatic heterocycles. The molecule has 0 aliphatic rings. The number of aliphatic hydroxyl groups excluding tert-OH is 2. The van der Waals surface area contributed by atoms with Crippen LogP contribution in [0.25, 0.3) is 0 Å². The number of carbonyl (C=O) groups excluding carboxylic acids is 4. The molecule has 0 rings (SSSR count). The van der Waals surface area contributed by atoms with Crippen molar-refractivity contribution in [1.82, 2.24) is 0 Å². The fraction of sp³-hybridized carbons (Fsp3) is 0.846. The molecule has 0 aromatic rings. The minimum atomic E-state index is -0.967. The van der Waals surface area contributed by atoms with E-state index in [-0.39, 0.29) is 50.3 Å². The van der Waals surface area contributed by atoms with E-state index in [0.717, 1.165) is 103 Å². The van der Waals surface area contributed by atoms with Crippen LogP contribution < -0.4 is 0 Å². The van der Waals surface area contributed by atoms with Crippen molar-refractivity contribution in [2.24, 2.45) is 0 Å². The van der Waals surface area contributed by atoms with Gasteiger partial charge >= 0.3 is 23.9 Å². The van der Waals surface area contributed by atoms with Crippen LogP contribution in [-0.2, 0) is 38.1 Å². The van der Waals surface area contributed by atoms with E-state index in [1.54, 1.807) is 0 Å². The molecule has 10 nitrogen and oxygen atoms in total. The minimum absolute atomic E-state index is 0.0709. The van der Waals surface area contributed by atoms with Crippen molar-refractivity contribution in [2.75, 3.05) is 26.4 Å². The Kier molecular flexibility index (Phi) is 75.2. The number of rotatable bonds is 68. The van der Waals surface area contributed by atoms with Gasteiger partial charge in [0.15, 0.2) is 6.10 Å². The third kappa shape index (κ3) is 75.2. The molecule has 88 heavy (non-hydrogen) atoms. The summed E-state index contributed by atoms with van der Waals surface area (Å²) in [6, 6.07) is 0. The van der Waals surface area contributed by atoms with E-state index in [9.17, 15) is 29.4 Å². The summed E-state index contributed by atoms with van der Waals surface area (Å²) in [5, 5.41) is 19.5. The second kappa shape index (κ2) is 76.2. The summed E-state index contributed by atoms with van der Waals surface area (Å²) >= 11 is 0. The second-order valence-corrected chi connectivity index (χ2v) is 25.3. The first-order valence-electron chi connectivity index (χ1n) is 37.8. The van der Waals surface area contributed by atoms with Gasteiger partial charge in [-0.3, -0.25) is 19.2 Å². The predicted octanol–water partition coefficient (Wildman–Crippen LogP) is 23.0. The fourth-order valence-corrected chi connectivity index (χ4v) is 10.6. The zero-order chi connectivity index (χ0) is 64.4. The lowest BCUT2D eigenvalue weighted by atomic mass is 10.1. The maximum atomic E-state index is 12.1. The maximum absolute atomic E-state index is 12.1. The van der Waals surface area contributed by atoms with Gasteiger partial charge in [-0.25, -0.2) is 0 Å². The topological polar surface area (TPSA) is 146 Å². The predicted molar refractivity (Wildman–Crippen MR) is 374 cm³/mol. The molecular weight excluding hydrogens is 1100 g/mol. The zero-order valence-corrected chi connectivity index (χ0v) is 58.4. The van der Waals surface area contributed by atoms with Crippen molar-refractivity contribution in [3.63, 3.8) is 0 Å². The summed E-state index contributed by atoms with van der Waals surface area (Å²) in [5.74, 6) is -1.19. The number of hydrogen-bond donors (Lipinski definition) is 2. The number of esters is 4. The summed E-state index contributed by atoms with van der Waals surface area (Å²) in [5.41, 5.74) is 0. The van der Waals surface area contributed by atoms with Crippen molar-refractivity contribution in [2.45, 2.75) is 399 Å². The van der Waals surface area contributed by atoms with Gasteiger partial charge in [0.05, 0.1) is 6.61 Å². The molecule has 1 atom stereocenters. The highest BCUT2D eigenvalue weighted by molar-refractivity contribution is 5.70. The second-order valence-electron chi connectivity index (χ2n) is 25.3. The number of aliphatic hydroxyl groups is 2. The van der Waals surface area contributed by atoms with E-state index in [2.05, 4.69) is 76.3 Å². The molecule has 0 spiro atoms. The third-order valence-electron chi connectivity index (χ3n) is 16.4. The molecule has 10 heteroatoms. The van der Waals surface area contributed by atoms with Crippen molar-refractivity contribution < 1.29 is 48.3 Å². The Morgan fingerprint density at radius 2 is 0.466 bits per heavy atom. The van der Waals surface area contributed by atoms with Crippen LogP contribution in [0, 0.1) is 0 Å². The van der Waals surface area contributed by atoms with E-state index >= 15 is 0 Å². The Bertz CT molecular complexity index is 1510. The largest absolute Gasteiger partial charge is 0.463 e. The summed E-state index contributed by atoms with van der Waals surface area (Å²) < 4.78 is 20.9. The summed E-state index contributed by atoms with van der Waals surface area (Å²) in [6.45, 7) is 8.39. The van der Waals surface area contributed by atoms with E-state index in [1.165, 1.54) is 231 Å². The number of ether oxygens (including phenoxy) is 4. The van der Waals surface area contributed by atoms with Gasteiger partial charge in [-0.1, -0.05) is 282 Å². The zero-order valence-electron chi connectivity index (χ0n) is 58.4. The first-order chi connectivity index (χ1) is 43.2. The van der Waals surface area contributed by atoms with Crippen LogP contribution in [0.15, 0.2) is 48.6 Å². The van der Waals surface area contributed by atoms with Crippen molar-refractivity contribution in [1.29, 1.82) is 0 Å². The van der Waals surface area contributed by atoms with Crippen LogP contribution in [0.2, 0.25) is 0 Å². The molecule has 0 saturated carbocycles. The summed E-state index contributed by atoms with van der Waals surface area (Å²) in [7, 11) is 0. The number of unbranched alkanes of at least 4 members (excludes halogenated alkanes) is 44. The first-order valence-corrected chi connectivity index (χ1v) is 37.8. The fourth-order valence-electron chi connectivity index (χ4n) is 10.6. The molecule has 0 heterocycles. The SMILES string of the molecule is CCCCCCCC/C=C/CCCCCCCC(=O)OCC(CO)OC(=O)CCCCCCC/C=C/CCCCCCCC.CCCCCCCC/C=C/CCCCCCCC(=O)OCC(O)COC(=O)CCCCCCC/C=C/CCCCCCCC. The monoisotopic (exact) mass is 1240 g/mol. The Labute approximate surface area is 544 Å². The number of allylic oxidation sites excluding steroid dienone is 8. The lowest BCUT2D eigenvalue weighted by Gasteiger charge is -2.15. The highest BCUT2D eigenvalue weighted by atomic mass is 16.6. The average Bonchev–Trinajstić information content (AvgIpc) is 3.53. The van der Waals surface area contributed by atoms with Crippen LogP contribution in [0.1, 0.15) is 387 Å². The third-order valence-corrected chi connectivity index (χ3v) is 16.4. The Morgan fingerprint density at radius 1 is 0.273 bits per heavy atom. The lowest BCUT2D eigenvalue weighted by molar-refractivity contribution is -0.161. The van der Waals surface area contributed by atoms with Gasteiger partial charge in [0.2, 0.25) is 0 Å². The highest BCUT2D eigenvalue weighted by Gasteiger charge is 2.16. The molecule has 1 unspecified atom stereocenters. The van der Waals surface area contributed by atoms with Gasteiger partial charge < -0.3 is 29.2 Å². The average molecular weight is 1240 g/mol. The molecule has 2 N–H and O–H groups in total. The van der Waals surface area contributed by atoms with Gasteiger partial charge in [-0.2, -0.15) is 0 Å². The number of hydrogen-bond acceptors (Lipinski definition) is 10. The van der Waals surface area contributed by atoms with Crippen LogP contribution in [-0.4, -0.2) is 72.7 Å². The van der Waals surface area contributed by atoms with Gasteiger partial charge in [-0.15, -0.1) is 0 Å². The van der Waals surface area contributed by atoms with Crippen molar-refractivity contribution >= 4 is 23.9 Å². The van der Waals surface area contributed by atoms with Crippen molar-refractivity contribution in [3.8, 4) is 0 Å². The molecular formula is C78H144O10. The summed E-state index contributed by atoms with van der Waals surface area (Å²) in [4.78, 5) is 48.1. The van der Waals surface area contributed by atoms with Crippen LogP contribution in [0.4, 0.5) is 0 Å². The number of carbonyl (C=O) groups is 4. The van der Waals surface area contributed by atoms with E-state index in [4.69, 9.17) is 18.9 Å². The minimum Gasteiger partial charge on any atom is -0.463 e. The Morgan fingerprint density at radius 3 is 0.693 bits per heavy atom. The van der Waals surface area contributed by atoms with E-state index < -0.39 is 12.2 Å². The molecule has 0 fully saturated rings. The molecule has 0 aromatic carbocycles. The van der Waals surface area contributed by atoms with Crippen molar-refractivity contribution in [3.05, 3.63) is 48.6 Å². The van der Waals surface area contributed by atoms with Gasteiger partial charge in [0.1, 0.15) is 25.9 Å². The normalized spacial score (nSPS) is 12.0. The van der Waals surface area contributed by atoms with Gasteiger partial charge in [0.25, 0.3) is 0 Å². The maximum Gasteiger partial charge on any atom is 0.306 e. The van der Waals surface area contributed by atoms with E-state index in [1.807, 2.05) is 0 Å². The van der Waals surface area contributed by atoms with E-state index in [0.29, 0.717) is 25.7 Å². The Hall–Kier alpha value is -3.24. The lowest BCUT2D eigenvalue weighted by Crippen LogP contribution is -2.28. The molecule has 0 aliphatic carbocycles. The van der Waals surface area contributed by atoms with Crippen LogP contribution >= 0.6 is 0 Å². The summed E-state index contributed by atoms with van der Waals surface area (Å²) in [6.07, 6.45) is 81.7. The van der Waals surface area contributed by atoms with Gasteiger partial charge in [-0.05, 0) is 128 Å². The van der Waals surface area contributed by atoms with Gasteiger partial charge in [0, 0.05) is 25.7 Å². The van der Waals surface area contributed by atoms with Crippen LogP contribution in [0.3, 0.4) is 0 Å². The quantitative estimate of drug-likeness (QED) is 0.0261. The standard InChI is InChI=1S/2C39H72O5/c1-3-5-7-9-11-13-15-17-19-21-23-25-27-29-31-33-38(41)43-35-37(40)36-44-39(42)34-32-30-28-26-24-22-20-18-16-14-12-10-8-6-4-2;1-3-5-7-9-11-13-15-17-19-21-23-25-27-29-31-33-38(41)43-36-37(35-40)44-39(42)34-32-30-28-26-24-22-20-18-16-14-12-10-8-6-4-2/h2*17-20,37,40H,3-16,21-36H2,1-2H3/b2*19-17+,20-18+. The molecule has 0 radical (unpaired) electrons. The Balaban J connectivity index is 0. The molecule has 516 valence electrons. The molecule has 0 saturated heterocycles.